The molecule has 0 heteroatoms. The highest BCUT2D eigenvalue weighted by atomic mass is 14.4. The Bertz CT molecular complexity index is 150. The fourth-order valence-electron chi connectivity index (χ4n) is 2.66. The van der Waals surface area contributed by atoms with Crippen LogP contribution < -0.4 is 0 Å². The van der Waals surface area contributed by atoms with Crippen molar-refractivity contribution in [3.8, 4) is 0 Å². The fourth-order valence-corrected chi connectivity index (χ4v) is 2.66. The number of rotatable bonds is 7. The van der Waals surface area contributed by atoms with E-state index in [0.717, 1.165) is 23.7 Å². The molecule has 0 aromatic carbocycles. The van der Waals surface area contributed by atoms with Gasteiger partial charge in [-0.3, -0.25) is 0 Å². The first-order chi connectivity index (χ1) is 6.69. The summed E-state index contributed by atoms with van der Waals surface area (Å²) in [7, 11) is 0. The summed E-state index contributed by atoms with van der Waals surface area (Å²) < 4.78 is 0. The monoisotopic (exact) mass is 196 g/mol. The van der Waals surface area contributed by atoms with Crippen LogP contribution in [0.5, 0.6) is 0 Å². The van der Waals surface area contributed by atoms with E-state index in [1.165, 1.54) is 38.5 Å². The second-order valence-electron chi connectivity index (χ2n) is 5.49. The molecule has 1 saturated carbocycles. The molecule has 0 spiro atoms. The third-order valence-corrected chi connectivity index (χ3v) is 4.27. The first kappa shape index (κ1) is 12.1. The molecule has 0 nitrogen and oxygen atoms in total. The van der Waals surface area contributed by atoms with Crippen molar-refractivity contribution in [2.45, 2.75) is 66.2 Å². The van der Waals surface area contributed by atoms with Gasteiger partial charge in [-0.05, 0) is 30.1 Å². The van der Waals surface area contributed by atoms with Crippen molar-refractivity contribution >= 4 is 0 Å². The highest BCUT2D eigenvalue weighted by molar-refractivity contribution is 4.87. The molecule has 4 unspecified atom stereocenters. The lowest BCUT2D eigenvalue weighted by Crippen LogP contribution is -2.04. The van der Waals surface area contributed by atoms with E-state index in [4.69, 9.17) is 0 Å². The van der Waals surface area contributed by atoms with Gasteiger partial charge in [0.25, 0.3) is 0 Å². The zero-order chi connectivity index (χ0) is 10.6. The van der Waals surface area contributed by atoms with Gasteiger partial charge in [0.2, 0.25) is 0 Å². The predicted molar refractivity (Wildman–Crippen MR) is 64.4 cm³/mol. The lowest BCUT2D eigenvalue weighted by molar-refractivity contribution is 0.362. The van der Waals surface area contributed by atoms with Crippen LogP contribution in [0.4, 0.5) is 0 Å². The lowest BCUT2D eigenvalue weighted by Gasteiger charge is -2.15. The van der Waals surface area contributed by atoms with E-state index in [-0.39, 0.29) is 0 Å². The molecule has 1 aliphatic rings. The molecule has 0 aliphatic heterocycles. The predicted octanol–water partition coefficient (Wildman–Crippen LogP) is 4.89. The molecule has 1 rings (SSSR count). The molecule has 0 saturated heterocycles. The molecular formula is C14H28. The summed E-state index contributed by atoms with van der Waals surface area (Å²) in [5, 5.41) is 0. The van der Waals surface area contributed by atoms with Gasteiger partial charge < -0.3 is 0 Å². The van der Waals surface area contributed by atoms with E-state index in [1.807, 2.05) is 0 Å². The van der Waals surface area contributed by atoms with Gasteiger partial charge in [0, 0.05) is 0 Å². The van der Waals surface area contributed by atoms with Crippen LogP contribution in [0.25, 0.3) is 0 Å². The standard InChI is InChI=1S/C14H28/c1-5-11(3)8-7-9-13(6-2)14-10-12(14)4/h11-14H,5-10H2,1-4H3. The van der Waals surface area contributed by atoms with E-state index in [0.29, 0.717) is 0 Å². The second-order valence-corrected chi connectivity index (χ2v) is 5.49. The molecule has 14 heavy (non-hydrogen) atoms. The molecule has 0 heterocycles. The van der Waals surface area contributed by atoms with Gasteiger partial charge in [-0.25, -0.2) is 0 Å². The van der Waals surface area contributed by atoms with Gasteiger partial charge in [-0.15, -0.1) is 0 Å². The van der Waals surface area contributed by atoms with Gasteiger partial charge in [-0.1, -0.05) is 59.8 Å². The molecule has 0 amide bonds. The summed E-state index contributed by atoms with van der Waals surface area (Å²) in [5.41, 5.74) is 0. The maximum Gasteiger partial charge on any atom is -0.0357 e. The minimum Gasteiger partial charge on any atom is -0.0651 e. The van der Waals surface area contributed by atoms with Crippen molar-refractivity contribution in [2.75, 3.05) is 0 Å². The third-order valence-electron chi connectivity index (χ3n) is 4.27. The van der Waals surface area contributed by atoms with E-state index in [1.54, 1.807) is 0 Å². The largest absolute Gasteiger partial charge is 0.0651 e. The minimum atomic E-state index is 0.948. The summed E-state index contributed by atoms with van der Waals surface area (Å²) in [6.07, 6.45) is 8.70. The quantitative estimate of drug-likeness (QED) is 0.544. The number of hydrogen-bond acceptors (Lipinski definition) is 0. The maximum absolute atomic E-state index is 2.42. The maximum atomic E-state index is 2.42. The van der Waals surface area contributed by atoms with Crippen molar-refractivity contribution in [1.82, 2.24) is 0 Å². The van der Waals surface area contributed by atoms with Gasteiger partial charge in [0.05, 0.1) is 0 Å². The highest BCUT2D eigenvalue weighted by Gasteiger charge is 2.37. The first-order valence-corrected chi connectivity index (χ1v) is 6.69. The highest BCUT2D eigenvalue weighted by Crippen LogP contribution is 2.46. The van der Waals surface area contributed by atoms with Crippen LogP contribution in [-0.2, 0) is 0 Å². The Morgan fingerprint density at radius 2 is 1.79 bits per heavy atom. The molecule has 84 valence electrons. The normalized spacial score (nSPS) is 30.0. The van der Waals surface area contributed by atoms with Crippen LogP contribution in [0.15, 0.2) is 0 Å². The second kappa shape index (κ2) is 5.78. The molecule has 0 aromatic rings. The van der Waals surface area contributed by atoms with Gasteiger partial charge in [0.1, 0.15) is 0 Å². The first-order valence-electron chi connectivity index (χ1n) is 6.69. The van der Waals surface area contributed by atoms with Crippen LogP contribution in [0, 0.1) is 23.7 Å². The summed E-state index contributed by atoms with van der Waals surface area (Å²) in [6, 6.07) is 0. The Hall–Kier alpha value is 0. The third kappa shape index (κ3) is 3.63. The van der Waals surface area contributed by atoms with Gasteiger partial charge in [0.15, 0.2) is 0 Å². The Kier molecular flexibility index (Phi) is 4.98. The summed E-state index contributed by atoms with van der Waals surface area (Å²) in [5.74, 6) is 4.14. The molecule has 1 aliphatic carbocycles. The molecular weight excluding hydrogens is 168 g/mol. The molecule has 0 N–H and O–H groups in total. The Balaban J connectivity index is 2.09. The Labute approximate surface area is 90.5 Å². The zero-order valence-corrected chi connectivity index (χ0v) is 10.6. The van der Waals surface area contributed by atoms with Gasteiger partial charge >= 0.3 is 0 Å². The number of hydrogen-bond donors (Lipinski definition) is 0. The average Bonchev–Trinajstić information content (AvgIpc) is 2.89. The van der Waals surface area contributed by atoms with Crippen molar-refractivity contribution in [3.63, 3.8) is 0 Å². The zero-order valence-electron chi connectivity index (χ0n) is 10.6. The van der Waals surface area contributed by atoms with Crippen LogP contribution in [0.2, 0.25) is 0 Å². The van der Waals surface area contributed by atoms with E-state index in [9.17, 15) is 0 Å². The fraction of sp³-hybridized carbons (Fsp3) is 1.00. The average molecular weight is 196 g/mol. The van der Waals surface area contributed by atoms with E-state index in [2.05, 4.69) is 27.7 Å². The van der Waals surface area contributed by atoms with Crippen LogP contribution >= 0.6 is 0 Å². The Morgan fingerprint density at radius 1 is 1.14 bits per heavy atom. The van der Waals surface area contributed by atoms with Crippen molar-refractivity contribution in [3.05, 3.63) is 0 Å². The van der Waals surface area contributed by atoms with E-state index < -0.39 is 0 Å². The summed E-state index contributed by atoms with van der Waals surface area (Å²) >= 11 is 0. The molecule has 0 aromatic heterocycles. The van der Waals surface area contributed by atoms with Crippen LogP contribution in [0.1, 0.15) is 66.2 Å². The molecule has 0 radical (unpaired) electrons. The molecule has 0 bridgehead atoms. The summed E-state index contributed by atoms with van der Waals surface area (Å²) in [4.78, 5) is 0. The topological polar surface area (TPSA) is 0 Å². The molecule has 1 fully saturated rings. The van der Waals surface area contributed by atoms with Crippen LogP contribution in [-0.4, -0.2) is 0 Å². The lowest BCUT2D eigenvalue weighted by atomic mass is 9.91. The van der Waals surface area contributed by atoms with Crippen molar-refractivity contribution < 1.29 is 0 Å². The van der Waals surface area contributed by atoms with E-state index >= 15 is 0 Å². The Morgan fingerprint density at radius 3 is 2.21 bits per heavy atom. The SMILES string of the molecule is CCC(C)CCCC(CC)C1CC1C. The smallest absolute Gasteiger partial charge is 0.0357 e. The molecule has 4 atom stereocenters. The minimum absolute atomic E-state index is 0.948. The van der Waals surface area contributed by atoms with Crippen LogP contribution in [0.3, 0.4) is 0 Å². The summed E-state index contributed by atoms with van der Waals surface area (Å²) in [6.45, 7) is 9.49. The van der Waals surface area contributed by atoms with Crippen molar-refractivity contribution in [1.29, 1.82) is 0 Å². The van der Waals surface area contributed by atoms with Gasteiger partial charge in [-0.2, -0.15) is 0 Å². The van der Waals surface area contributed by atoms with Crippen molar-refractivity contribution in [2.24, 2.45) is 23.7 Å².